The highest BCUT2D eigenvalue weighted by atomic mass is 79.9. The molecule has 0 unspecified atom stereocenters. The summed E-state index contributed by atoms with van der Waals surface area (Å²) in [6, 6.07) is 6.78. The van der Waals surface area contributed by atoms with E-state index in [1.54, 1.807) is 24.3 Å². The first-order chi connectivity index (χ1) is 12.8. The van der Waals surface area contributed by atoms with Crippen molar-refractivity contribution in [1.29, 1.82) is 0 Å². The Hall–Kier alpha value is -1.07. The van der Waals surface area contributed by atoms with Crippen molar-refractivity contribution < 1.29 is 9.59 Å². The highest BCUT2D eigenvalue weighted by Crippen LogP contribution is 2.65. The van der Waals surface area contributed by atoms with Gasteiger partial charge in [0.25, 0.3) is 5.91 Å². The van der Waals surface area contributed by atoms with Gasteiger partial charge in [-0.2, -0.15) is 0 Å². The maximum atomic E-state index is 12.5. The molecule has 1 aromatic rings. The van der Waals surface area contributed by atoms with Crippen LogP contribution in [-0.2, 0) is 4.79 Å². The molecule has 0 heterocycles. The minimum absolute atomic E-state index is 0.119. The largest absolute Gasteiger partial charge is 0.354 e. The number of carbonyl (C=O) groups excluding carboxylic acids is 2. The summed E-state index contributed by atoms with van der Waals surface area (Å²) in [6.45, 7) is 0.883. The van der Waals surface area contributed by atoms with Crippen molar-refractivity contribution in [3.63, 3.8) is 0 Å². The van der Waals surface area contributed by atoms with Crippen molar-refractivity contribution in [2.24, 2.45) is 17.3 Å². The number of amides is 2. The van der Waals surface area contributed by atoms with Crippen LogP contribution < -0.4 is 10.6 Å². The molecule has 4 aliphatic rings. The molecule has 1 aromatic carbocycles. The Kier molecular flexibility index (Phi) is 5.28. The Labute approximate surface area is 173 Å². The lowest BCUT2D eigenvalue weighted by Crippen LogP contribution is -2.54. The van der Waals surface area contributed by atoms with Gasteiger partial charge in [0.2, 0.25) is 5.91 Å². The molecule has 4 bridgehead atoms. The van der Waals surface area contributed by atoms with E-state index >= 15 is 0 Å². The zero-order valence-electron chi connectivity index (χ0n) is 15.4. The van der Waals surface area contributed by atoms with Gasteiger partial charge in [0.1, 0.15) is 0 Å². The van der Waals surface area contributed by atoms with Gasteiger partial charge in [0.05, 0.1) is 0 Å². The van der Waals surface area contributed by atoms with Gasteiger partial charge in [-0.3, -0.25) is 9.59 Å². The Balaban J connectivity index is 1.22. The number of carbonyl (C=O) groups is 2. The number of rotatable bonds is 6. The fourth-order valence-electron chi connectivity index (χ4n) is 6.03. The molecule has 0 radical (unpaired) electrons. The van der Waals surface area contributed by atoms with Crippen LogP contribution in [-0.4, -0.2) is 29.2 Å². The second kappa shape index (κ2) is 7.40. The molecule has 0 spiro atoms. The molecule has 2 atom stereocenters. The average Bonchev–Trinajstić information content (AvgIpc) is 2.56. The second-order valence-electron chi connectivity index (χ2n) is 8.90. The summed E-state index contributed by atoms with van der Waals surface area (Å²) in [4.78, 5) is 24.6. The summed E-state index contributed by atoms with van der Waals surface area (Å²) in [5.74, 6) is 1.55. The maximum Gasteiger partial charge on any atom is 0.251 e. The van der Waals surface area contributed by atoms with Crippen LogP contribution >= 0.6 is 27.5 Å². The lowest BCUT2D eigenvalue weighted by atomic mass is 9.48. The highest BCUT2D eigenvalue weighted by Gasteiger charge is 2.57. The van der Waals surface area contributed by atoms with E-state index in [1.165, 1.54) is 32.1 Å². The predicted molar refractivity (Wildman–Crippen MR) is 110 cm³/mol. The van der Waals surface area contributed by atoms with Crippen molar-refractivity contribution >= 4 is 39.3 Å². The summed E-state index contributed by atoms with van der Waals surface area (Å²) in [5.41, 5.74) is 0.756. The standard InChI is InChI=1S/C21H26BrClN2O2/c22-21-10-14-7-15(11-21)9-20(8-14,13-21)12-18(26)24-5-6-25-19(27)16-1-3-17(23)4-2-16/h1-4,14-15H,5-13H2,(H,24,26)(H,25,27)/t14-,15-,20?,21?/m1/s1. The molecule has 27 heavy (non-hydrogen) atoms. The Bertz CT molecular complexity index is 722. The van der Waals surface area contributed by atoms with Gasteiger partial charge in [-0.25, -0.2) is 0 Å². The smallest absolute Gasteiger partial charge is 0.251 e. The zero-order chi connectivity index (χ0) is 19.1. The number of hydrogen-bond donors (Lipinski definition) is 2. The van der Waals surface area contributed by atoms with Gasteiger partial charge < -0.3 is 10.6 Å². The molecule has 0 saturated heterocycles. The maximum absolute atomic E-state index is 12.5. The SMILES string of the molecule is O=C(CC12C[C@H]3C[C@@H](CC(Br)(C3)C1)C2)NCCNC(=O)c1ccc(Cl)cc1. The monoisotopic (exact) mass is 452 g/mol. The van der Waals surface area contributed by atoms with E-state index in [9.17, 15) is 9.59 Å². The number of halogens is 2. The normalized spacial score (nSPS) is 33.7. The molecule has 6 heteroatoms. The third-order valence-corrected chi connectivity index (χ3v) is 7.67. The highest BCUT2D eigenvalue weighted by molar-refractivity contribution is 9.10. The second-order valence-corrected chi connectivity index (χ2v) is 11.0. The van der Waals surface area contributed by atoms with E-state index < -0.39 is 0 Å². The van der Waals surface area contributed by atoms with E-state index in [4.69, 9.17) is 11.6 Å². The summed E-state index contributed by atoms with van der Waals surface area (Å²) < 4.78 is 0.282. The van der Waals surface area contributed by atoms with Crippen molar-refractivity contribution in [3.05, 3.63) is 34.9 Å². The molecule has 0 aromatic heterocycles. The Morgan fingerprint density at radius 3 is 2.30 bits per heavy atom. The lowest BCUT2D eigenvalue weighted by molar-refractivity contribution is -0.128. The Morgan fingerprint density at radius 1 is 1.04 bits per heavy atom. The first-order valence-corrected chi connectivity index (χ1v) is 11.0. The minimum atomic E-state index is -0.150. The molecule has 146 valence electrons. The fraction of sp³-hybridized carbons (Fsp3) is 0.619. The first kappa shape index (κ1) is 19.3. The van der Waals surface area contributed by atoms with Crippen LogP contribution in [0.4, 0.5) is 0 Å². The summed E-state index contributed by atoms with van der Waals surface area (Å²) >= 11 is 9.83. The third kappa shape index (κ3) is 4.34. The molecule has 0 aliphatic heterocycles. The molecule has 4 aliphatic carbocycles. The molecule has 2 N–H and O–H groups in total. The van der Waals surface area contributed by atoms with Gasteiger partial charge in [-0.05, 0) is 80.0 Å². The number of hydrogen-bond acceptors (Lipinski definition) is 2. The molecule has 5 rings (SSSR count). The van der Waals surface area contributed by atoms with E-state index in [2.05, 4.69) is 26.6 Å². The van der Waals surface area contributed by atoms with Crippen LogP contribution in [0.1, 0.15) is 55.3 Å². The van der Waals surface area contributed by atoms with Crippen LogP contribution in [0.25, 0.3) is 0 Å². The molecular formula is C21H26BrClN2O2. The molecule has 2 amide bonds. The summed E-state index contributed by atoms with van der Waals surface area (Å²) in [7, 11) is 0. The predicted octanol–water partition coefficient (Wildman–Crippen LogP) is 4.31. The molecule has 4 nitrogen and oxygen atoms in total. The minimum Gasteiger partial charge on any atom is -0.354 e. The van der Waals surface area contributed by atoms with Crippen molar-refractivity contribution in [3.8, 4) is 0 Å². The van der Waals surface area contributed by atoms with Gasteiger partial charge >= 0.3 is 0 Å². The molecule has 4 saturated carbocycles. The number of nitrogens with one attached hydrogen (secondary N) is 2. The van der Waals surface area contributed by atoms with Gasteiger partial charge in [0, 0.05) is 34.4 Å². The average molecular weight is 454 g/mol. The zero-order valence-corrected chi connectivity index (χ0v) is 17.7. The van der Waals surface area contributed by atoms with Crippen LogP contribution in [0.15, 0.2) is 24.3 Å². The Morgan fingerprint density at radius 2 is 1.67 bits per heavy atom. The summed E-state index contributed by atoms with van der Waals surface area (Å²) in [6.07, 6.45) is 8.09. The summed E-state index contributed by atoms with van der Waals surface area (Å²) in [5, 5.41) is 6.44. The lowest BCUT2D eigenvalue weighted by Gasteiger charge is -2.60. The van der Waals surface area contributed by atoms with Gasteiger partial charge in [-0.1, -0.05) is 27.5 Å². The van der Waals surface area contributed by atoms with Crippen molar-refractivity contribution in [2.75, 3.05) is 13.1 Å². The number of alkyl halides is 1. The van der Waals surface area contributed by atoms with E-state index in [0.717, 1.165) is 18.3 Å². The van der Waals surface area contributed by atoms with Crippen LogP contribution in [0.5, 0.6) is 0 Å². The van der Waals surface area contributed by atoms with E-state index in [0.29, 0.717) is 30.1 Å². The third-order valence-electron chi connectivity index (χ3n) is 6.49. The fourth-order valence-corrected chi connectivity index (χ4v) is 7.66. The van der Waals surface area contributed by atoms with Crippen molar-refractivity contribution in [2.45, 2.75) is 49.3 Å². The van der Waals surface area contributed by atoms with Crippen LogP contribution in [0.2, 0.25) is 5.02 Å². The first-order valence-electron chi connectivity index (χ1n) is 9.84. The van der Waals surface area contributed by atoms with E-state index in [-0.39, 0.29) is 21.6 Å². The van der Waals surface area contributed by atoms with Crippen molar-refractivity contribution in [1.82, 2.24) is 10.6 Å². The van der Waals surface area contributed by atoms with Gasteiger partial charge in [-0.15, -0.1) is 0 Å². The van der Waals surface area contributed by atoms with Gasteiger partial charge in [0.15, 0.2) is 0 Å². The molecule has 4 fully saturated rings. The van der Waals surface area contributed by atoms with Crippen LogP contribution in [0.3, 0.4) is 0 Å². The molecular weight excluding hydrogens is 428 g/mol. The van der Waals surface area contributed by atoms with Crippen LogP contribution in [0, 0.1) is 17.3 Å². The topological polar surface area (TPSA) is 58.2 Å². The number of benzene rings is 1. The quantitative estimate of drug-likeness (QED) is 0.498. The van der Waals surface area contributed by atoms with E-state index in [1.807, 2.05) is 0 Å².